The van der Waals surface area contributed by atoms with Crippen LogP contribution in [0.3, 0.4) is 0 Å². The van der Waals surface area contributed by atoms with Gasteiger partial charge in [-0.2, -0.15) is 0 Å². The van der Waals surface area contributed by atoms with Crippen molar-refractivity contribution in [2.45, 2.75) is 58.9 Å². The third-order valence-corrected chi connectivity index (χ3v) is 4.16. The second-order valence-corrected chi connectivity index (χ2v) is 6.10. The van der Waals surface area contributed by atoms with Crippen LogP contribution < -0.4 is 5.32 Å². The molecule has 1 aliphatic rings. The van der Waals surface area contributed by atoms with Crippen molar-refractivity contribution in [3.05, 3.63) is 0 Å². The highest BCUT2D eigenvalue weighted by molar-refractivity contribution is 5.76. The number of hydrogen-bond acceptors (Lipinski definition) is 2. The van der Waals surface area contributed by atoms with Gasteiger partial charge in [0.2, 0.25) is 0 Å². The first kappa shape index (κ1) is 16.8. The summed E-state index contributed by atoms with van der Waals surface area (Å²) in [7, 11) is 0. The smallest absolute Gasteiger partial charge is 0.317 e. The van der Waals surface area contributed by atoms with E-state index in [-0.39, 0.29) is 18.5 Å². The minimum absolute atomic E-state index is 0.00202. The standard InChI is InChI=1S/C15H28N2O3/c1-4-5-13(10-14(18)19)16-15(20)17-8-6-12(7-9-17)11(2)3/h11-13H,4-10H2,1-3H3,(H,16,20)(H,18,19). The van der Waals surface area contributed by atoms with Crippen LogP contribution in [0.1, 0.15) is 52.9 Å². The summed E-state index contributed by atoms with van der Waals surface area (Å²) in [4.78, 5) is 24.8. The molecule has 2 amide bonds. The second kappa shape index (κ2) is 8.12. The van der Waals surface area contributed by atoms with E-state index >= 15 is 0 Å². The van der Waals surface area contributed by atoms with Gasteiger partial charge >= 0.3 is 12.0 Å². The van der Waals surface area contributed by atoms with Crippen molar-refractivity contribution < 1.29 is 14.7 Å². The lowest BCUT2D eigenvalue weighted by Gasteiger charge is -2.34. The van der Waals surface area contributed by atoms with Crippen LogP contribution in [0.2, 0.25) is 0 Å². The monoisotopic (exact) mass is 284 g/mol. The molecule has 5 heteroatoms. The SMILES string of the molecule is CCCC(CC(=O)O)NC(=O)N1CCC(C(C)C)CC1. The number of rotatable bonds is 6. The highest BCUT2D eigenvalue weighted by atomic mass is 16.4. The molecule has 1 atom stereocenters. The number of carbonyl (C=O) groups is 2. The summed E-state index contributed by atoms with van der Waals surface area (Å²) < 4.78 is 0. The number of aliphatic carboxylic acids is 1. The number of nitrogens with zero attached hydrogens (tertiary/aromatic N) is 1. The Hall–Kier alpha value is -1.26. The number of carboxylic acids is 1. The average Bonchev–Trinajstić information content (AvgIpc) is 2.38. The first-order valence-corrected chi connectivity index (χ1v) is 7.71. The summed E-state index contributed by atoms with van der Waals surface area (Å²) >= 11 is 0. The Bertz CT molecular complexity index is 323. The minimum atomic E-state index is -0.859. The lowest BCUT2D eigenvalue weighted by atomic mass is 9.87. The molecule has 1 heterocycles. The Labute approximate surface area is 121 Å². The number of carbonyl (C=O) groups excluding carboxylic acids is 1. The quantitative estimate of drug-likeness (QED) is 0.788. The van der Waals surface area contributed by atoms with Gasteiger partial charge in [0.1, 0.15) is 0 Å². The molecule has 1 aliphatic heterocycles. The summed E-state index contributed by atoms with van der Waals surface area (Å²) in [5.41, 5.74) is 0. The maximum Gasteiger partial charge on any atom is 0.317 e. The zero-order valence-electron chi connectivity index (χ0n) is 12.9. The first-order chi connectivity index (χ1) is 9.43. The van der Waals surface area contributed by atoms with Gasteiger partial charge in [-0.3, -0.25) is 4.79 Å². The molecule has 0 radical (unpaired) electrons. The van der Waals surface area contributed by atoms with E-state index in [1.807, 2.05) is 11.8 Å². The van der Waals surface area contributed by atoms with Crippen molar-refractivity contribution in [2.24, 2.45) is 11.8 Å². The molecule has 0 aromatic rings. The number of hydrogen-bond donors (Lipinski definition) is 2. The van der Waals surface area contributed by atoms with E-state index in [2.05, 4.69) is 19.2 Å². The third-order valence-electron chi connectivity index (χ3n) is 4.16. The van der Waals surface area contributed by atoms with Crippen LogP contribution in [0.5, 0.6) is 0 Å². The van der Waals surface area contributed by atoms with Gasteiger partial charge in [-0.1, -0.05) is 27.2 Å². The van der Waals surface area contributed by atoms with Gasteiger partial charge in [0.25, 0.3) is 0 Å². The summed E-state index contributed by atoms with van der Waals surface area (Å²) in [6.07, 6.45) is 3.67. The van der Waals surface area contributed by atoms with E-state index in [9.17, 15) is 9.59 Å². The van der Waals surface area contributed by atoms with E-state index < -0.39 is 5.97 Å². The molecule has 1 fully saturated rings. The summed E-state index contributed by atoms with van der Waals surface area (Å²) in [5, 5.41) is 11.7. The van der Waals surface area contributed by atoms with Crippen LogP contribution in [0.25, 0.3) is 0 Å². The van der Waals surface area contributed by atoms with E-state index in [4.69, 9.17) is 5.11 Å². The van der Waals surface area contributed by atoms with Gasteiger partial charge in [-0.15, -0.1) is 0 Å². The molecule has 0 spiro atoms. The second-order valence-electron chi connectivity index (χ2n) is 6.10. The van der Waals surface area contributed by atoms with Gasteiger partial charge in [0.05, 0.1) is 6.42 Å². The van der Waals surface area contributed by atoms with Crippen molar-refractivity contribution >= 4 is 12.0 Å². The van der Waals surface area contributed by atoms with Crippen molar-refractivity contribution in [3.63, 3.8) is 0 Å². The zero-order chi connectivity index (χ0) is 15.1. The first-order valence-electron chi connectivity index (χ1n) is 7.71. The molecule has 2 N–H and O–H groups in total. The molecule has 1 unspecified atom stereocenters. The van der Waals surface area contributed by atoms with Crippen LogP contribution in [0.4, 0.5) is 4.79 Å². The van der Waals surface area contributed by atoms with Gasteiger partial charge in [0, 0.05) is 19.1 Å². The Morgan fingerprint density at radius 3 is 2.35 bits per heavy atom. The van der Waals surface area contributed by atoms with Crippen LogP contribution in [-0.2, 0) is 4.79 Å². The number of carboxylic acid groups (broad SMARTS) is 1. The Morgan fingerprint density at radius 1 is 1.30 bits per heavy atom. The van der Waals surface area contributed by atoms with Crippen LogP contribution in [0.15, 0.2) is 0 Å². The fraction of sp³-hybridized carbons (Fsp3) is 0.867. The molecule has 1 rings (SSSR count). The maximum atomic E-state index is 12.2. The highest BCUT2D eigenvalue weighted by Crippen LogP contribution is 2.24. The van der Waals surface area contributed by atoms with Crippen LogP contribution in [-0.4, -0.2) is 41.1 Å². The van der Waals surface area contributed by atoms with E-state index in [0.717, 1.165) is 32.4 Å². The normalized spacial score (nSPS) is 18.1. The summed E-state index contributed by atoms with van der Waals surface area (Å²) in [6.45, 7) is 8.01. The molecule has 116 valence electrons. The topological polar surface area (TPSA) is 69.6 Å². The Morgan fingerprint density at radius 2 is 1.90 bits per heavy atom. The Balaban J connectivity index is 2.43. The van der Waals surface area contributed by atoms with Crippen LogP contribution >= 0.6 is 0 Å². The van der Waals surface area contributed by atoms with Crippen molar-refractivity contribution in [1.29, 1.82) is 0 Å². The third kappa shape index (κ3) is 5.39. The maximum absolute atomic E-state index is 12.2. The Kier molecular flexibility index (Phi) is 6.82. The average molecular weight is 284 g/mol. The fourth-order valence-electron chi connectivity index (χ4n) is 2.82. The lowest BCUT2D eigenvalue weighted by molar-refractivity contribution is -0.137. The predicted octanol–water partition coefficient (Wildman–Crippen LogP) is 2.71. The van der Waals surface area contributed by atoms with E-state index in [0.29, 0.717) is 18.3 Å². The van der Waals surface area contributed by atoms with E-state index in [1.54, 1.807) is 0 Å². The molecule has 20 heavy (non-hydrogen) atoms. The number of nitrogens with one attached hydrogen (secondary N) is 1. The molecular weight excluding hydrogens is 256 g/mol. The minimum Gasteiger partial charge on any atom is -0.481 e. The molecular formula is C15H28N2O3. The lowest BCUT2D eigenvalue weighted by Crippen LogP contribution is -2.48. The number of amides is 2. The zero-order valence-corrected chi connectivity index (χ0v) is 12.9. The molecule has 1 saturated heterocycles. The van der Waals surface area contributed by atoms with Crippen molar-refractivity contribution in [3.8, 4) is 0 Å². The van der Waals surface area contributed by atoms with Crippen molar-refractivity contribution in [1.82, 2.24) is 10.2 Å². The number of piperidine rings is 1. The number of urea groups is 1. The van der Waals surface area contributed by atoms with E-state index in [1.165, 1.54) is 0 Å². The molecule has 0 aliphatic carbocycles. The molecule has 0 bridgehead atoms. The van der Waals surface area contributed by atoms with Gasteiger partial charge < -0.3 is 15.3 Å². The summed E-state index contributed by atoms with van der Waals surface area (Å²) in [5.74, 6) is 0.506. The molecule has 0 aromatic heterocycles. The van der Waals surface area contributed by atoms with Crippen molar-refractivity contribution in [2.75, 3.05) is 13.1 Å². The van der Waals surface area contributed by atoms with Gasteiger partial charge in [-0.05, 0) is 31.1 Å². The summed E-state index contributed by atoms with van der Waals surface area (Å²) in [6, 6.07) is -0.361. The fourth-order valence-corrected chi connectivity index (χ4v) is 2.82. The van der Waals surface area contributed by atoms with Gasteiger partial charge in [0.15, 0.2) is 0 Å². The highest BCUT2D eigenvalue weighted by Gasteiger charge is 2.26. The van der Waals surface area contributed by atoms with Crippen LogP contribution in [0, 0.1) is 11.8 Å². The molecule has 5 nitrogen and oxygen atoms in total. The largest absolute Gasteiger partial charge is 0.481 e. The predicted molar refractivity (Wildman–Crippen MR) is 78.6 cm³/mol. The van der Waals surface area contributed by atoms with Gasteiger partial charge in [-0.25, -0.2) is 4.79 Å². The molecule has 0 saturated carbocycles. The molecule has 0 aromatic carbocycles. The number of likely N-dealkylation sites (tertiary alicyclic amines) is 1.